The van der Waals surface area contributed by atoms with Crippen molar-refractivity contribution in [1.82, 2.24) is 5.32 Å². The van der Waals surface area contributed by atoms with Crippen LogP contribution in [0.1, 0.15) is 19.3 Å². The van der Waals surface area contributed by atoms with Gasteiger partial charge in [0.1, 0.15) is 0 Å². The van der Waals surface area contributed by atoms with Crippen molar-refractivity contribution in [3.63, 3.8) is 0 Å². The van der Waals surface area contributed by atoms with Crippen LogP contribution in [-0.4, -0.2) is 26.3 Å². The molecule has 0 saturated heterocycles. The van der Waals surface area contributed by atoms with Gasteiger partial charge in [0.15, 0.2) is 0 Å². The summed E-state index contributed by atoms with van der Waals surface area (Å²) in [5.41, 5.74) is 0. The Morgan fingerprint density at radius 3 is 2.56 bits per heavy atom. The lowest BCUT2D eigenvalue weighted by molar-refractivity contribution is 0.107. The summed E-state index contributed by atoms with van der Waals surface area (Å²) in [6.07, 6.45) is 4.20. The fraction of sp³-hybridized carbons (Fsp3) is 1.00. The Balaban J connectivity index is 2.20. The van der Waals surface area contributed by atoms with E-state index in [9.17, 15) is 0 Å². The molecule has 1 rings (SSSR count). The van der Waals surface area contributed by atoms with Gasteiger partial charge < -0.3 is 10.1 Å². The van der Waals surface area contributed by atoms with E-state index < -0.39 is 0 Å². The summed E-state index contributed by atoms with van der Waals surface area (Å²) in [6, 6.07) is 0.704. The summed E-state index contributed by atoms with van der Waals surface area (Å²) < 4.78 is 5.20. The van der Waals surface area contributed by atoms with Crippen molar-refractivity contribution in [2.45, 2.75) is 31.4 Å². The highest BCUT2D eigenvalue weighted by atomic mass is 16.5. The molecule has 1 fully saturated rings. The molecule has 1 saturated carbocycles. The predicted molar refractivity (Wildman–Crippen MR) is 37.5 cm³/mol. The Morgan fingerprint density at radius 1 is 1.44 bits per heavy atom. The third-order valence-electron chi connectivity index (χ3n) is 2.13. The lowest BCUT2D eigenvalue weighted by atomic mass is 10.2. The number of hydrogen-bond donors (Lipinski definition) is 1. The molecule has 0 heterocycles. The maximum Gasteiger partial charge on any atom is 0.0586 e. The van der Waals surface area contributed by atoms with Gasteiger partial charge in [-0.1, -0.05) is 0 Å². The van der Waals surface area contributed by atoms with Gasteiger partial charge in [0, 0.05) is 13.2 Å². The molecule has 2 atom stereocenters. The van der Waals surface area contributed by atoms with E-state index in [1.165, 1.54) is 19.3 Å². The number of nitrogens with one attached hydrogen (secondary N) is 1. The molecule has 1 aliphatic rings. The van der Waals surface area contributed by atoms with Crippen LogP contribution in [-0.2, 0) is 4.74 Å². The quantitative estimate of drug-likeness (QED) is 0.594. The van der Waals surface area contributed by atoms with E-state index in [0.717, 1.165) is 0 Å². The molecule has 1 aliphatic carbocycles. The normalized spacial score (nSPS) is 35.3. The average molecular weight is 129 g/mol. The molecule has 0 aromatic carbocycles. The van der Waals surface area contributed by atoms with Crippen molar-refractivity contribution in [2.24, 2.45) is 0 Å². The van der Waals surface area contributed by atoms with Crippen LogP contribution in [0, 0.1) is 0 Å². The maximum atomic E-state index is 5.20. The molecule has 54 valence electrons. The second-order valence-electron chi connectivity index (χ2n) is 2.66. The van der Waals surface area contributed by atoms with Gasteiger partial charge in [-0.3, -0.25) is 0 Å². The van der Waals surface area contributed by atoms with Crippen molar-refractivity contribution < 1.29 is 4.74 Å². The highest BCUT2D eigenvalue weighted by Gasteiger charge is 2.22. The summed E-state index contributed by atoms with van der Waals surface area (Å²) in [4.78, 5) is 0. The molecule has 9 heavy (non-hydrogen) atoms. The Labute approximate surface area is 56.6 Å². The number of methoxy groups -OCH3 is 1. The van der Waals surface area contributed by atoms with Gasteiger partial charge in [-0.15, -0.1) is 0 Å². The summed E-state index contributed by atoms with van der Waals surface area (Å²) >= 11 is 0. The SMILES string of the molecule is CN[C@@H]1CC[C@H](OC)C1. The highest BCUT2D eigenvalue weighted by molar-refractivity contribution is 4.79. The van der Waals surface area contributed by atoms with E-state index in [4.69, 9.17) is 4.74 Å². The van der Waals surface area contributed by atoms with Gasteiger partial charge in [-0.05, 0) is 26.3 Å². The molecule has 0 unspecified atom stereocenters. The third kappa shape index (κ3) is 1.66. The molecule has 0 amide bonds. The van der Waals surface area contributed by atoms with E-state index in [2.05, 4.69) is 5.32 Å². The van der Waals surface area contributed by atoms with Crippen molar-refractivity contribution in [2.75, 3.05) is 14.2 Å². The Kier molecular flexibility index (Phi) is 2.49. The summed E-state index contributed by atoms with van der Waals surface area (Å²) in [6.45, 7) is 0. The van der Waals surface area contributed by atoms with Crippen LogP contribution in [0.5, 0.6) is 0 Å². The van der Waals surface area contributed by atoms with E-state index >= 15 is 0 Å². The first kappa shape index (κ1) is 7.03. The number of hydrogen-bond acceptors (Lipinski definition) is 2. The van der Waals surface area contributed by atoms with Crippen LogP contribution < -0.4 is 5.32 Å². The molecule has 0 aromatic heterocycles. The van der Waals surface area contributed by atoms with Gasteiger partial charge in [-0.2, -0.15) is 0 Å². The maximum absolute atomic E-state index is 5.20. The summed E-state index contributed by atoms with van der Waals surface area (Å²) in [7, 11) is 3.81. The number of rotatable bonds is 2. The van der Waals surface area contributed by atoms with Crippen molar-refractivity contribution in [3.8, 4) is 0 Å². The zero-order valence-corrected chi connectivity index (χ0v) is 6.18. The fourth-order valence-corrected chi connectivity index (χ4v) is 1.42. The zero-order chi connectivity index (χ0) is 6.69. The van der Waals surface area contributed by atoms with Crippen molar-refractivity contribution in [1.29, 1.82) is 0 Å². The minimum absolute atomic E-state index is 0.516. The van der Waals surface area contributed by atoms with Gasteiger partial charge >= 0.3 is 0 Å². The molecule has 0 bridgehead atoms. The fourth-order valence-electron chi connectivity index (χ4n) is 1.42. The van der Waals surface area contributed by atoms with Crippen molar-refractivity contribution >= 4 is 0 Å². The molecular formula is C7H15NO. The lowest BCUT2D eigenvalue weighted by Crippen LogP contribution is -2.22. The first-order valence-electron chi connectivity index (χ1n) is 3.57. The Morgan fingerprint density at radius 2 is 2.22 bits per heavy atom. The first-order valence-corrected chi connectivity index (χ1v) is 3.57. The van der Waals surface area contributed by atoms with Crippen LogP contribution >= 0.6 is 0 Å². The predicted octanol–water partition coefficient (Wildman–Crippen LogP) is 0.773. The second-order valence-corrected chi connectivity index (χ2v) is 2.66. The topological polar surface area (TPSA) is 21.3 Å². The third-order valence-corrected chi connectivity index (χ3v) is 2.13. The smallest absolute Gasteiger partial charge is 0.0586 e. The molecule has 0 aliphatic heterocycles. The van der Waals surface area contributed by atoms with Crippen molar-refractivity contribution in [3.05, 3.63) is 0 Å². The van der Waals surface area contributed by atoms with Crippen LogP contribution in [0.2, 0.25) is 0 Å². The molecule has 0 aromatic rings. The van der Waals surface area contributed by atoms with Crippen LogP contribution in [0.15, 0.2) is 0 Å². The second kappa shape index (κ2) is 3.18. The van der Waals surface area contributed by atoms with Crippen LogP contribution in [0.4, 0.5) is 0 Å². The van der Waals surface area contributed by atoms with Crippen LogP contribution in [0.25, 0.3) is 0 Å². The van der Waals surface area contributed by atoms with Gasteiger partial charge in [-0.25, -0.2) is 0 Å². The molecular weight excluding hydrogens is 114 g/mol. The van der Waals surface area contributed by atoms with Gasteiger partial charge in [0.05, 0.1) is 6.10 Å². The van der Waals surface area contributed by atoms with Crippen LogP contribution in [0.3, 0.4) is 0 Å². The lowest BCUT2D eigenvalue weighted by Gasteiger charge is -2.07. The van der Waals surface area contributed by atoms with E-state index in [1.807, 2.05) is 7.05 Å². The molecule has 1 N–H and O–H groups in total. The molecule has 0 radical (unpaired) electrons. The van der Waals surface area contributed by atoms with E-state index in [-0.39, 0.29) is 0 Å². The monoisotopic (exact) mass is 129 g/mol. The number of ether oxygens (including phenoxy) is 1. The average Bonchev–Trinajstić information content (AvgIpc) is 2.34. The van der Waals surface area contributed by atoms with Gasteiger partial charge in [0.25, 0.3) is 0 Å². The first-order chi connectivity index (χ1) is 4.36. The molecule has 2 heteroatoms. The summed E-state index contributed by atoms with van der Waals surface area (Å²) in [5, 5.41) is 3.25. The molecule has 0 spiro atoms. The Hall–Kier alpha value is -0.0800. The largest absolute Gasteiger partial charge is 0.381 e. The minimum atomic E-state index is 0.516. The Bertz CT molecular complexity index is 75.0. The molecule has 2 nitrogen and oxygen atoms in total. The van der Waals surface area contributed by atoms with E-state index in [1.54, 1.807) is 7.11 Å². The summed E-state index contributed by atoms with van der Waals surface area (Å²) in [5.74, 6) is 0. The van der Waals surface area contributed by atoms with E-state index in [0.29, 0.717) is 12.1 Å². The highest BCUT2D eigenvalue weighted by Crippen LogP contribution is 2.20. The zero-order valence-electron chi connectivity index (χ0n) is 6.18. The van der Waals surface area contributed by atoms with Gasteiger partial charge in [0.2, 0.25) is 0 Å². The standard InChI is InChI=1S/C7H15NO/c1-8-6-3-4-7(5-6)9-2/h6-8H,3-5H2,1-2H3/t6-,7+/m1/s1. The minimum Gasteiger partial charge on any atom is -0.381 e.